The zero-order valence-electron chi connectivity index (χ0n) is 11.1. The van der Waals surface area contributed by atoms with Gasteiger partial charge in [0.25, 0.3) is 0 Å². The van der Waals surface area contributed by atoms with Crippen LogP contribution in [0.2, 0.25) is 0 Å². The molecule has 0 radical (unpaired) electrons. The van der Waals surface area contributed by atoms with Gasteiger partial charge in [-0.3, -0.25) is 10.1 Å². The predicted molar refractivity (Wildman–Crippen MR) is 82.5 cm³/mol. The highest BCUT2D eigenvalue weighted by Crippen LogP contribution is 2.22. The largest absolute Gasteiger partial charge is 0.480 e. The lowest BCUT2D eigenvalue weighted by Crippen LogP contribution is -2.30. The first-order valence-electron chi connectivity index (χ1n) is 6.37. The van der Waals surface area contributed by atoms with Crippen molar-refractivity contribution in [2.45, 2.75) is 19.0 Å². The van der Waals surface area contributed by atoms with E-state index < -0.39 is 12.0 Å². The molecule has 0 aliphatic carbocycles. The van der Waals surface area contributed by atoms with E-state index in [0.29, 0.717) is 0 Å². The highest BCUT2D eigenvalue weighted by atomic mass is 79.9. The molecule has 2 aromatic carbocycles. The minimum Gasteiger partial charge on any atom is -0.480 e. The van der Waals surface area contributed by atoms with Gasteiger partial charge in [0.05, 0.1) is 0 Å². The molecule has 0 heterocycles. The summed E-state index contributed by atoms with van der Waals surface area (Å²) in [6, 6.07) is 16.3. The molecule has 0 fully saturated rings. The molecule has 20 heavy (non-hydrogen) atoms. The lowest BCUT2D eigenvalue weighted by Gasteiger charge is -2.21. The fourth-order valence-corrected chi connectivity index (χ4v) is 2.49. The van der Waals surface area contributed by atoms with E-state index >= 15 is 0 Å². The molecule has 0 spiro atoms. The van der Waals surface area contributed by atoms with Crippen molar-refractivity contribution in [2.75, 3.05) is 0 Å². The minimum absolute atomic E-state index is 0.0613. The second-order valence-corrected chi connectivity index (χ2v) is 5.54. The number of hydrogen-bond acceptors (Lipinski definition) is 2. The van der Waals surface area contributed by atoms with Gasteiger partial charge in [0.15, 0.2) is 0 Å². The smallest absolute Gasteiger partial charge is 0.325 e. The van der Waals surface area contributed by atoms with Gasteiger partial charge in [-0.05, 0) is 30.2 Å². The third kappa shape index (κ3) is 3.68. The van der Waals surface area contributed by atoms with E-state index in [1.54, 1.807) is 0 Å². The monoisotopic (exact) mass is 333 g/mol. The first-order valence-corrected chi connectivity index (χ1v) is 7.16. The Kier molecular flexibility index (Phi) is 4.93. The first-order chi connectivity index (χ1) is 9.58. The van der Waals surface area contributed by atoms with Crippen LogP contribution in [0.15, 0.2) is 59.1 Å². The van der Waals surface area contributed by atoms with E-state index in [-0.39, 0.29) is 6.04 Å². The maximum atomic E-state index is 11.5. The third-order valence-electron chi connectivity index (χ3n) is 3.15. The van der Waals surface area contributed by atoms with Crippen molar-refractivity contribution in [3.05, 3.63) is 70.2 Å². The van der Waals surface area contributed by atoms with Gasteiger partial charge in [0.2, 0.25) is 0 Å². The molecule has 0 aromatic heterocycles. The maximum absolute atomic E-state index is 11.5. The van der Waals surface area contributed by atoms with Gasteiger partial charge in [-0.1, -0.05) is 58.4 Å². The molecule has 0 saturated heterocycles. The minimum atomic E-state index is -0.877. The Labute approximate surface area is 126 Å². The van der Waals surface area contributed by atoms with Crippen LogP contribution in [0.3, 0.4) is 0 Å². The van der Waals surface area contributed by atoms with Crippen molar-refractivity contribution in [1.29, 1.82) is 0 Å². The van der Waals surface area contributed by atoms with Crippen LogP contribution >= 0.6 is 15.9 Å². The summed E-state index contributed by atoms with van der Waals surface area (Å²) in [4.78, 5) is 11.5. The number of carboxylic acids is 1. The van der Waals surface area contributed by atoms with E-state index in [1.807, 2.05) is 61.5 Å². The summed E-state index contributed by atoms with van der Waals surface area (Å²) < 4.78 is 0.982. The second kappa shape index (κ2) is 6.68. The number of halogens is 1. The summed E-state index contributed by atoms with van der Waals surface area (Å²) in [6.07, 6.45) is 0. The van der Waals surface area contributed by atoms with Crippen LogP contribution in [0.5, 0.6) is 0 Å². The lowest BCUT2D eigenvalue weighted by atomic mass is 10.0. The molecule has 3 nitrogen and oxygen atoms in total. The predicted octanol–water partition coefficient (Wildman–Crippen LogP) is 3.93. The van der Waals surface area contributed by atoms with Crippen molar-refractivity contribution >= 4 is 21.9 Å². The Morgan fingerprint density at radius 3 is 2.35 bits per heavy atom. The molecule has 2 aromatic rings. The number of hydrogen-bond donors (Lipinski definition) is 2. The Morgan fingerprint density at radius 1 is 1.10 bits per heavy atom. The fourth-order valence-electron chi connectivity index (χ4n) is 2.08. The van der Waals surface area contributed by atoms with Gasteiger partial charge in [-0.25, -0.2) is 0 Å². The summed E-state index contributed by atoms with van der Waals surface area (Å²) in [5.41, 5.74) is 1.79. The summed E-state index contributed by atoms with van der Waals surface area (Å²) in [6.45, 7) is 1.96. The molecule has 2 rings (SSSR count). The Morgan fingerprint density at radius 2 is 1.75 bits per heavy atom. The van der Waals surface area contributed by atoms with Crippen LogP contribution in [-0.4, -0.2) is 11.1 Å². The number of nitrogens with one attached hydrogen (secondary N) is 1. The van der Waals surface area contributed by atoms with Crippen molar-refractivity contribution in [3.63, 3.8) is 0 Å². The van der Waals surface area contributed by atoms with Gasteiger partial charge in [-0.15, -0.1) is 0 Å². The summed E-state index contributed by atoms with van der Waals surface area (Å²) >= 11 is 3.43. The van der Waals surface area contributed by atoms with E-state index in [4.69, 9.17) is 0 Å². The molecule has 2 N–H and O–H groups in total. The number of benzene rings is 2. The number of carbonyl (C=O) groups is 1. The van der Waals surface area contributed by atoms with Crippen LogP contribution < -0.4 is 5.32 Å². The zero-order chi connectivity index (χ0) is 14.5. The molecule has 0 aliphatic heterocycles. The fraction of sp³-hybridized carbons (Fsp3) is 0.188. The number of aliphatic carboxylic acids is 1. The van der Waals surface area contributed by atoms with E-state index in [0.717, 1.165) is 15.6 Å². The van der Waals surface area contributed by atoms with Crippen molar-refractivity contribution in [3.8, 4) is 0 Å². The van der Waals surface area contributed by atoms with Gasteiger partial charge >= 0.3 is 5.97 Å². The van der Waals surface area contributed by atoms with Gasteiger partial charge in [0.1, 0.15) is 6.04 Å². The molecule has 0 aliphatic rings. The molecule has 2 atom stereocenters. The van der Waals surface area contributed by atoms with E-state index in [1.165, 1.54) is 0 Å². The summed E-state index contributed by atoms with van der Waals surface area (Å²) in [7, 11) is 0. The van der Waals surface area contributed by atoms with Gasteiger partial charge in [-0.2, -0.15) is 0 Å². The second-order valence-electron chi connectivity index (χ2n) is 4.63. The zero-order valence-corrected chi connectivity index (χ0v) is 12.7. The van der Waals surface area contributed by atoms with Gasteiger partial charge < -0.3 is 5.11 Å². The highest BCUT2D eigenvalue weighted by Gasteiger charge is 2.21. The lowest BCUT2D eigenvalue weighted by molar-refractivity contribution is -0.139. The van der Waals surface area contributed by atoms with E-state index in [2.05, 4.69) is 21.2 Å². The Hall–Kier alpha value is -1.65. The first kappa shape index (κ1) is 14.8. The standard InChI is InChI=1S/C16H16BrNO2/c1-11(13-8-5-9-14(17)10-13)18-15(16(19)20)12-6-3-2-4-7-12/h2-11,15,18H,1H3,(H,19,20)/t11-,15?/m1/s1. The molecular weight excluding hydrogens is 318 g/mol. The molecule has 4 heteroatoms. The van der Waals surface area contributed by atoms with Crippen LogP contribution in [0.4, 0.5) is 0 Å². The SMILES string of the molecule is C[C@@H](NC(C(=O)O)c1ccccc1)c1cccc(Br)c1. The molecular formula is C16H16BrNO2. The van der Waals surface area contributed by atoms with Gasteiger partial charge in [0, 0.05) is 10.5 Å². The average Bonchev–Trinajstić information content (AvgIpc) is 2.45. The highest BCUT2D eigenvalue weighted by molar-refractivity contribution is 9.10. The molecule has 0 saturated carbocycles. The van der Waals surface area contributed by atoms with Crippen LogP contribution in [0, 0.1) is 0 Å². The summed E-state index contributed by atoms with van der Waals surface area (Å²) in [5, 5.41) is 12.6. The summed E-state index contributed by atoms with van der Waals surface area (Å²) in [5.74, 6) is -0.877. The number of carboxylic acid groups (broad SMARTS) is 1. The maximum Gasteiger partial charge on any atom is 0.325 e. The number of rotatable bonds is 5. The van der Waals surface area contributed by atoms with Crippen LogP contribution in [-0.2, 0) is 4.79 Å². The third-order valence-corrected chi connectivity index (χ3v) is 3.64. The topological polar surface area (TPSA) is 49.3 Å². The van der Waals surface area contributed by atoms with Crippen molar-refractivity contribution in [2.24, 2.45) is 0 Å². The average molecular weight is 334 g/mol. The molecule has 0 amide bonds. The molecule has 104 valence electrons. The van der Waals surface area contributed by atoms with Crippen LogP contribution in [0.25, 0.3) is 0 Å². The normalized spacial score (nSPS) is 13.7. The Balaban J connectivity index is 2.19. The van der Waals surface area contributed by atoms with Crippen molar-refractivity contribution in [1.82, 2.24) is 5.32 Å². The van der Waals surface area contributed by atoms with Crippen molar-refractivity contribution < 1.29 is 9.90 Å². The van der Waals surface area contributed by atoms with Crippen LogP contribution in [0.1, 0.15) is 30.1 Å². The molecule has 0 bridgehead atoms. The Bertz CT molecular complexity index is 586. The molecule has 1 unspecified atom stereocenters. The van der Waals surface area contributed by atoms with E-state index in [9.17, 15) is 9.90 Å². The quantitative estimate of drug-likeness (QED) is 0.871.